The van der Waals surface area contributed by atoms with E-state index in [2.05, 4.69) is 348 Å². The van der Waals surface area contributed by atoms with Gasteiger partial charge in [0.1, 0.15) is 0 Å². The molecule has 15 unspecified atom stereocenters. The lowest BCUT2D eigenvalue weighted by Gasteiger charge is -2.43. The summed E-state index contributed by atoms with van der Waals surface area (Å²) in [5.74, 6) is 5.87. The maximum absolute atomic E-state index is 6.22. The van der Waals surface area contributed by atoms with Crippen molar-refractivity contribution in [3.8, 4) is 0 Å². The molecule has 112 heavy (non-hydrogen) atoms. The molecule has 9 nitrogen and oxygen atoms in total. The number of hydrogen-bond donors (Lipinski definition) is 3. The van der Waals surface area contributed by atoms with Crippen molar-refractivity contribution in [2.45, 2.75) is 483 Å². The average molecular weight is 1590 g/mol. The molecule has 0 aromatic rings. The van der Waals surface area contributed by atoms with Crippen LogP contribution in [0, 0.1) is 123 Å². The Morgan fingerprint density at radius 2 is 0.518 bits per heavy atom. The van der Waals surface area contributed by atoms with Crippen molar-refractivity contribution >= 4 is 0 Å². The number of rotatable bonds is 0. The second kappa shape index (κ2) is 45.7. The molecule has 674 valence electrons. The van der Waals surface area contributed by atoms with Crippen LogP contribution in [0.3, 0.4) is 0 Å². The Balaban J connectivity index is 0.00000125. The number of piperidine rings is 1. The van der Waals surface area contributed by atoms with E-state index in [0.29, 0.717) is 120 Å². The predicted molar refractivity (Wildman–Crippen MR) is 496 cm³/mol. The quantitative estimate of drug-likeness (QED) is 0.219. The van der Waals surface area contributed by atoms with E-state index in [1.807, 2.05) is 0 Å². The van der Waals surface area contributed by atoms with E-state index in [1.54, 1.807) is 0 Å². The van der Waals surface area contributed by atoms with Gasteiger partial charge in [-0.25, -0.2) is 0 Å². The van der Waals surface area contributed by atoms with Crippen LogP contribution >= 0.6 is 0 Å². The molecule has 9 heteroatoms. The summed E-state index contributed by atoms with van der Waals surface area (Å²) in [6.07, 6.45) is 22.5. The summed E-state index contributed by atoms with van der Waals surface area (Å²) in [4.78, 5) is 0. The van der Waals surface area contributed by atoms with E-state index < -0.39 is 0 Å². The summed E-state index contributed by atoms with van der Waals surface area (Å²) < 4.78 is 35.3. The minimum Gasteiger partial charge on any atom is -0.381 e. The van der Waals surface area contributed by atoms with Crippen molar-refractivity contribution in [3.63, 3.8) is 0 Å². The van der Waals surface area contributed by atoms with Gasteiger partial charge in [0.15, 0.2) is 0 Å². The van der Waals surface area contributed by atoms with Gasteiger partial charge in [0.2, 0.25) is 0 Å². The molecule has 0 spiro atoms. The lowest BCUT2D eigenvalue weighted by Crippen LogP contribution is -2.58. The Morgan fingerprint density at radius 3 is 0.795 bits per heavy atom. The Kier molecular flexibility index (Phi) is 45.5. The monoisotopic (exact) mass is 1590 g/mol. The van der Waals surface area contributed by atoms with Crippen LogP contribution in [-0.2, 0) is 28.4 Å². The maximum Gasteiger partial charge on any atom is 0.0748 e. The molecule has 8 fully saturated rings. The SMILES string of the molecule is CC(C)(C)C1CCCC(C(C)(C)C)C1.CC(C)(C)C1CCCC(C(C)(C)C)O1.CC(C)(C)C1CCCC(C(C)(C)C)O1.CC(C)(C)C1CCNC(C(C)(C)C)C1.CC(C)(C)C1CCOC(C(C)(C)C)C1.CC(C)(C)C1CNCCO1.CC(C)(C)C1COCC(C(C)(C)C)C1.CC(C)(C)C1COCC(C(C)(C)C)N1.CC(C)C. The summed E-state index contributed by atoms with van der Waals surface area (Å²) in [6.45, 7) is 119. The normalized spacial score (nSPS) is 29.5. The van der Waals surface area contributed by atoms with Gasteiger partial charge in [-0.15, -0.1) is 0 Å². The highest BCUT2D eigenvalue weighted by molar-refractivity contribution is 4.95. The summed E-state index contributed by atoms with van der Waals surface area (Å²) in [7, 11) is 0. The van der Waals surface area contributed by atoms with Crippen molar-refractivity contribution in [3.05, 3.63) is 0 Å². The fraction of sp³-hybridized carbons (Fsp3) is 1.00. The topological polar surface area (TPSA) is 91.5 Å². The molecule has 8 rings (SSSR count). The van der Waals surface area contributed by atoms with Crippen LogP contribution < -0.4 is 16.0 Å². The summed E-state index contributed by atoms with van der Waals surface area (Å²) in [5.41, 5.74) is 5.47. The summed E-state index contributed by atoms with van der Waals surface area (Å²) >= 11 is 0. The van der Waals surface area contributed by atoms with Gasteiger partial charge in [0.25, 0.3) is 0 Å². The van der Waals surface area contributed by atoms with Gasteiger partial charge in [0, 0.05) is 51.0 Å². The zero-order chi connectivity index (χ0) is 88.1. The molecule has 8 aliphatic rings. The third kappa shape index (κ3) is 46.0. The number of nitrogens with one attached hydrogen (secondary N) is 3. The summed E-state index contributed by atoms with van der Waals surface area (Å²) in [6, 6.07) is 1.64. The highest BCUT2D eigenvalue weighted by Gasteiger charge is 2.43. The smallest absolute Gasteiger partial charge is 0.0748 e. The van der Waals surface area contributed by atoms with Crippen LogP contribution in [0.15, 0.2) is 0 Å². The second-order valence-electron chi connectivity index (χ2n) is 53.7. The van der Waals surface area contributed by atoms with E-state index in [-0.39, 0.29) is 16.2 Å². The van der Waals surface area contributed by atoms with Gasteiger partial charge < -0.3 is 44.4 Å². The first-order chi connectivity index (χ1) is 49.8. The molecular formula is C103H211N3O6. The van der Waals surface area contributed by atoms with Gasteiger partial charge in [-0.2, -0.15) is 0 Å². The molecule has 0 amide bonds. The molecule has 0 aromatic carbocycles. The number of morpholine rings is 2. The van der Waals surface area contributed by atoms with Gasteiger partial charge in [-0.05, 0) is 219 Å². The van der Waals surface area contributed by atoms with Crippen LogP contribution in [0.5, 0.6) is 0 Å². The molecule has 1 aliphatic carbocycles. The van der Waals surface area contributed by atoms with E-state index in [0.717, 1.165) is 94.2 Å². The van der Waals surface area contributed by atoms with E-state index in [1.165, 1.54) is 103 Å². The second-order valence-corrected chi connectivity index (χ2v) is 53.7. The van der Waals surface area contributed by atoms with E-state index >= 15 is 0 Å². The molecule has 0 aromatic heterocycles. The molecule has 0 radical (unpaired) electrons. The maximum atomic E-state index is 6.22. The fourth-order valence-electron chi connectivity index (χ4n) is 16.3. The lowest BCUT2D eigenvalue weighted by atomic mass is 9.63. The molecular weight excluding hydrogens is 1380 g/mol. The molecule has 0 bridgehead atoms. The molecule has 7 heterocycles. The van der Waals surface area contributed by atoms with Crippen LogP contribution in [0.25, 0.3) is 0 Å². The van der Waals surface area contributed by atoms with Crippen LogP contribution in [0.1, 0.15) is 429 Å². The molecule has 1 saturated carbocycles. The molecule has 15 atom stereocenters. The third-order valence-electron chi connectivity index (χ3n) is 26.3. The highest BCUT2D eigenvalue weighted by atomic mass is 16.5. The van der Waals surface area contributed by atoms with Crippen molar-refractivity contribution in [1.29, 1.82) is 0 Å². The third-order valence-corrected chi connectivity index (χ3v) is 26.3. The standard InChI is InChI=1S/C14H28.C13H27N.4C13H26O.C12H25NO.C8H17NO.C4H10/c1-13(2,3)11-8-7-9-12(10-11)14(4,5)6;1-12(2,3)10-7-8-14-11(9-10)13(4,5)6;1-12(2,3)10-7-11(9-14-8-10)13(4,5)6;1-12(2,3)10-7-8-14-11(9-10)13(4,5)6;2*1-12(2,3)10-8-7-9-11(14-10)13(4,5)6;1-11(2,3)9-7-14-8-10(13-9)12(4,5)6;1-8(2,3)7-6-9-4-5-10-7;1-4(2)3/h11-12H,7-10H2,1-6H3;10-11,14H,7-9H2,1-6H3;4*10-11H,7-9H2,1-6H3;9-10,13H,7-8H2,1-6H3;7,9H,4-6H2,1-3H3;4H,1-3H3. The number of hydrogen-bond acceptors (Lipinski definition) is 9. The highest BCUT2D eigenvalue weighted by Crippen LogP contribution is 2.48. The van der Waals surface area contributed by atoms with Crippen LogP contribution in [0.4, 0.5) is 0 Å². The van der Waals surface area contributed by atoms with Gasteiger partial charge in [-0.1, -0.05) is 339 Å². The van der Waals surface area contributed by atoms with Crippen LogP contribution in [-0.4, -0.2) is 114 Å². The minimum absolute atomic E-state index is 0.282. The van der Waals surface area contributed by atoms with Gasteiger partial charge in [0.05, 0.1) is 56.4 Å². The summed E-state index contributed by atoms with van der Waals surface area (Å²) in [5, 5.41) is 10.7. The Labute approximate surface area is 705 Å². The Hall–Kier alpha value is -0.360. The first kappa shape index (κ1) is 112. The Morgan fingerprint density at radius 1 is 0.241 bits per heavy atom. The van der Waals surface area contributed by atoms with Crippen molar-refractivity contribution in [2.24, 2.45) is 123 Å². The number of ether oxygens (including phenoxy) is 6. The van der Waals surface area contributed by atoms with Gasteiger partial charge in [-0.3, -0.25) is 0 Å². The minimum atomic E-state index is 0.282. The molecule has 7 saturated heterocycles. The fourth-order valence-corrected chi connectivity index (χ4v) is 16.3. The largest absolute Gasteiger partial charge is 0.381 e. The molecule has 7 aliphatic heterocycles. The van der Waals surface area contributed by atoms with Crippen molar-refractivity contribution in [2.75, 3.05) is 59.3 Å². The van der Waals surface area contributed by atoms with Crippen molar-refractivity contribution in [1.82, 2.24) is 16.0 Å². The lowest BCUT2D eigenvalue weighted by molar-refractivity contribution is -0.135. The van der Waals surface area contributed by atoms with Crippen LogP contribution in [0.2, 0.25) is 0 Å². The molecule has 3 N–H and O–H groups in total. The zero-order valence-electron chi connectivity index (χ0n) is 85.7. The van der Waals surface area contributed by atoms with Gasteiger partial charge >= 0.3 is 0 Å². The zero-order valence-corrected chi connectivity index (χ0v) is 85.7. The van der Waals surface area contributed by atoms with E-state index in [9.17, 15) is 0 Å². The van der Waals surface area contributed by atoms with Crippen molar-refractivity contribution < 1.29 is 28.4 Å². The first-order valence-electron chi connectivity index (χ1n) is 46.7. The van der Waals surface area contributed by atoms with E-state index in [4.69, 9.17) is 28.4 Å². The first-order valence-corrected chi connectivity index (χ1v) is 46.7. The average Bonchev–Trinajstić information content (AvgIpc) is 0.863. The predicted octanol–water partition coefficient (Wildman–Crippen LogP) is 29.1. The Bertz CT molecular complexity index is 1860.